The van der Waals surface area contributed by atoms with E-state index in [2.05, 4.69) is 15.0 Å². The minimum Gasteiger partial charge on any atom is -0.439 e. The van der Waals surface area contributed by atoms with Crippen LogP contribution in [0.1, 0.15) is 11.6 Å². The van der Waals surface area contributed by atoms with Crippen LogP contribution in [-0.2, 0) is 0 Å². The number of aryl methyl sites for hydroxylation is 2. The average Bonchev–Trinajstić information content (AvgIpc) is 2.96. The van der Waals surface area contributed by atoms with Gasteiger partial charge in [-0.25, -0.2) is 9.97 Å². The van der Waals surface area contributed by atoms with Crippen LogP contribution in [0.2, 0.25) is 0 Å². The largest absolute Gasteiger partial charge is 0.439 e. The van der Waals surface area contributed by atoms with Gasteiger partial charge in [-0.15, -0.1) is 0 Å². The molecular weight excluding hydrogens is 286 g/mol. The predicted octanol–water partition coefficient (Wildman–Crippen LogP) is 4.57. The first-order valence-corrected chi connectivity index (χ1v) is 7.48. The van der Waals surface area contributed by atoms with Crippen molar-refractivity contribution in [3.8, 4) is 22.7 Å². The fourth-order valence-electron chi connectivity index (χ4n) is 2.75. The number of nitrogens with zero attached hydrogens (tertiary/aromatic N) is 3. The van der Waals surface area contributed by atoms with Crippen LogP contribution < -0.4 is 0 Å². The number of aromatic nitrogens is 3. The Morgan fingerprint density at radius 1 is 0.870 bits per heavy atom. The summed E-state index contributed by atoms with van der Waals surface area (Å²) >= 11 is 0. The Kier molecular flexibility index (Phi) is 3.15. The van der Waals surface area contributed by atoms with Crippen molar-refractivity contribution in [2.24, 2.45) is 0 Å². The van der Waals surface area contributed by atoms with Crippen molar-refractivity contribution in [2.75, 3.05) is 0 Å². The first-order valence-electron chi connectivity index (χ1n) is 7.48. The fourth-order valence-corrected chi connectivity index (χ4v) is 2.75. The van der Waals surface area contributed by atoms with Gasteiger partial charge >= 0.3 is 0 Å². The van der Waals surface area contributed by atoms with Crippen LogP contribution >= 0.6 is 0 Å². The Bertz CT molecular complexity index is 999. The van der Waals surface area contributed by atoms with E-state index in [4.69, 9.17) is 4.42 Å². The molecule has 0 amide bonds. The highest BCUT2D eigenvalue weighted by Gasteiger charge is 2.18. The second kappa shape index (κ2) is 5.32. The van der Waals surface area contributed by atoms with Crippen molar-refractivity contribution in [1.82, 2.24) is 15.0 Å². The van der Waals surface area contributed by atoms with Gasteiger partial charge in [-0.05, 0) is 25.1 Å². The molecule has 0 radical (unpaired) electrons. The highest BCUT2D eigenvalue weighted by molar-refractivity contribution is 5.95. The van der Waals surface area contributed by atoms with E-state index in [1.807, 2.05) is 62.4 Å². The van der Waals surface area contributed by atoms with E-state index in [0.717, 1.165) is 33.5 Å². The molecule has 0 aliphatic heterocycles. The summed E-state index contributed by atoms with van der Waals surface area (Å²) in [6.45, 7) is 3.81. The lowest BCUT2D eigenvalue weighted by atomic mass is 10.0. The third-order valence-corrected chi connectivity index (χ3v) is 3.74. The van der Waals surface area contributed by atoms with Gasteiger partial charge in [0, 0.05) is 29.8 Å². The van der Waals surface area contributed by atoms with Gasteiger partial charge in [0.05, 0.1) is 5.52 Å². The van der Waals surface area contributed by atoms with Crippen LogP contribution in [0.4, 0.5) is 0 Å². The van der Waals surface area contributed by atoms with Crippen molar-refractivity contribution in [3.63, 3.8) is 0 Å². The molecule has 0 spiro atoms. The molecule has 1 aromatic carbocycles. The summed E-state index contributed by atoms with van der Waals surface area (Å²) in [7, 11) is 0. The van der Waals surface area contributed by atoms with E-state index in [1.165, 1.54) is 0 Å². The Morgan fingerprint density at radius 3 is 2.57 bits per heavy atom. The standard InChI is InChI=1S/C19H15N3O/c1-12-6-3-10-16(21-12)19-18(22-13(2)23-19)15-9-4-7-14-8-5-11-20-17(14)15/h3-11H,1-2H3. The lowest BCUT2D eigenvalue weighted by Gasteiger charge is -2.05. The first-order chi connectivity index (χ1) is 11.2. The SMILES string of the molecule is Cc1cccc(-c2oc(C)nc2-c2cccc3cccnc23)n1. The fraction of sp³-hybridized carbons (Fsp3) is 0.105. The zero-order chi connectivity index (χ0) is 15.8. The highest BCUT2D eigenvalue weighted by Crippen LogP contribution is 2.34. The zero-order valence-corrected chi connectivity index (χ0v) is 12.9. The van der Waals surface area contributed by atoms with Crippen molar-refractivity contribution in [1.29, 1.82) is 0 Å². The minimum absolute atomic E-state index is 0.617. The van der Waals surface area contributed by atoms with Gasteiger partial charge in [0.15, 0.2) is 11.7 Å². The Balaban J connectivity index is 1.99. The van der Waals surface area contributed by atoms with Crippen LogP contribution in [-0.4, -0.2) is 15.0 Å². The molecule has 4 aromatic rings. The van der Waals surface area contributed by atoms with E-state index in [9.17, 15) is 0 Å². The van der Waals surface area contributed by atoms with E-state index < -0.39 is 0 Å². The Morgan fingerprint density at radius 2 is 1.70 bits per heavy atom. The van der Waals surface area contributed by atoms with Crippen LogP contribution in [0.15, 0.2) is 59.1 Å². The maximum Gasteiger partial charge on any atom is 0.192 e. The third kappa shape index (κ3) is 2.38. The first kappa shape index (κ1) is 13.6. The summed E-state index contributed by atoms with van der Waals surface area (Å²) in [5, 5.41) is 1.08. The van der Waals surface area contributed by atoms with E-state index in [-0.39, 0.29) is 0 Å². The Labute approximate surface area is 133 Å². The number of benzene rings is 1. The summed E-state index contributed by atoms with van der Waals surface area (Å²) in [6, 6.07) is 15.9. The molecule has 3 aromatic heterocycles. The highest BCUT2D eigenvalue weighted by atomic mass is 16.4. The predicted molar refractivity (Wildman–Crippen MR) is 89.9 cm³/mol. The van der Waals surface area contributed by atoms with Crippen molar-refractivity contribution in [3.05, 3.63) is 66.3 Å². The molecule has 112 valence electrons. The van der Waals surface area contributed by atoms with Crippen molar-refractivity contribution < 1.29 is 4.42 Å². The third-order valence-electron chi connectivity index (χ3n) is 3.74. The molecule has 0 saturated heterocycles. The second-order valence-electron chi connectivity index (χ2n) is 5.46. The number of pyridine rings is 2. The number of oxazole rings is 1. The van der Waals surface area contributed by atoms with Crippen molar-refractivity contribution in [2.45, 2.75) is 13.8 Å². The minimum atomic E-state index is 0.617. The van der Waals surface area contributed by atoms with Gasteiger partial charge in [0.2, 0.25) is 0 Å². The summed E-state index contributed by atoms with van der Waals surface area (Å²) in [6.07, 6.45) is 1.80. The topological polar surface area (TPSA) is 51.8 Å². The molecule has 4 heteroatoms. The molecule has 4 rings (SSSR count). The maximum atomic E-state index is 5.86. The number of para-hydroxylation sites is 1. The van der Waals surface area contributed by atoms with E-state index >= 15 is 0 Å². The lowest BCUT2D eigenvalue weighted by Crippen LogP contribution is -1.90. The van der Waals surface area contributed by atoms with Gasteiger partial charge in [-0.1, -0.05) is 30.3 Å². The van der Waals surface area contributed by atoms with Crippen LogP contribution in [0.25, 0.3) is 33.6 Å². The van der Waals surface area contributed by atoms with Gasteiger partial charge in [-0.2, -0.15) is 0 Å². The smallest absolute Gasteiger partial charge is 0.192 e. The monoisotopic (exact) mass is 301 g/mol. The van der Waals surface area contributed by atoms with Crippen LogP contribution in [0.3, 0.4) is 0 Å². The summed E-state index contributed by atoms with van der Waals surface area (Å²) in [4.78, 5) is 13.7. The number of hydrogen-bond donors (Lipinski definition) is 0. The molecule has 0 atom stereocenters. The Hall–Kier alpha value is -3.01. The van der Waals surface area contributed by atoms with Crippen molar-refractivity contribution >= 4 is 10.9 Å². The van der Waals surface area contributed by atoms with Gasteiger partial charge in [0.25, 0.3) is 0 Å². The van der Waals surface area contributed by atoms with Gasteiger partial charge in [-0.3, -0.25) is 4.98 Å². The average molecular weight is 301 g/mol. The quantitative estimate of drug-likeness (QED) is 0.544. The molecule has 3 heterocycles. The van der Waals surface area contributed by atoms with Crippen LogP contribution in [0.5, 0.6) is 0 Å². The molecule has 0 N–H and O–H groups in total. The second-order valence-corrected chi connectivity index (χ2v) is 5.46. The zero-order valence-electron chi connectivity index (χ0n) is 12.9. The molecule has 23 heavy (non-hydrogen) atoms. The molecule has 0 unspecified atom stereocenters. The van der Waals surface area contributed by atoms with Gasteiger partial charge in [0.1, 0.15) is 11.4 Å². The van der Waals surface area contributed by atoms with Crippen LogP contribution in [0, 0.1) is 13.8 Å². The summed E-state index contributed by atoms with van der Waals surface area (Å²) in [5.41, 5.74) is 4.38. The summed E-state index contributed by atoms with van der Waals surface area (Å²) in [5.74, 6) is 1.30. The van der Waals surface area contributed by atoms with E-state index in [0.29, 0.717) is 11.7 Å². The molecule has 0 aliphatic carbocycles. The molecule has 0 bridgehead atoms. The molecule has 0 saturated carbocycles. The molecule has 0 aliphatic rings. The van der Waals surface area contributed by atoms with E-state index in [1.54, 1.807) is 6.20 Å². The number of hydrogen-bond acceptors (Lipinski definition) is 4. The molecule has 4 nitrogen and oxygen atoms in total. The molecular formula is C19H15N3O. The lowest BCUT2D eigenvalue weighted by molar-refractivity contribution is 0.532. The number of fused-ring (bicyclic) bond motifs is 1. The maximum absolute atomic E-state index is 5.86. The normalized spacial score (nSPS) is 11.0. The van der Waals surface area contributed by atoms with Gasteiger partial charge < -0.3 is 4.42 Å². The molecule has 0 fully saturated rings. The summed E-state index contributed by atoms with van der Waals surface area (Å²) < 4.78 is 5.86. The number of rotatable bonds is 2.